The van der Waals surface area contributed by atoms with Crippen LogP contribution < -0.4 is 5.73 Å². The molecular weight excluding hydrogens is 280 g/mol. The van der Waals surface area contributed by atoms with Crippen LogP contribution in [0.1, 0.15) is 18.1 Å². The molecule has 1 atom stereocenters. The second-order valence-electron chi connectivity index (χ2n) is 3.96. The Balaban J connectivity index is 2.57. The first kappa shape index (κ1) is 12.8. The lowest BCUT2D eigenvalue weighted by Crippen LogP contribution is -2.34. The van der Waals surface area contributed by atoms with Crippen molar-refractivity contribution in [2.24, 2.45) is 5.73 Å². The van der Waals surface area contributed by atoms with Crippen LogP contribution in [0.4, 0.5) is 4.39 Å². The molecule has 1 aromatic heterocycles. The zero-order valence-corrected chi connectivity index (χ0v) is 11.3. The summed E-state index contributed by atoms with van der Waals surface area (Å²) in [5, 5.41) is 4.20. The summed E-state index contributed by atoms with van der Waals surface area (Å²) >= 11 is 13.3. The minimum Gasteiger partial charge on any atom is -0.318 e. The predicted octanol–water partition coefficient (Wildman–Crippen LogP) is 4.42. The maximum atomic E-state index is 13.5. The number of hydrogen-bond donors (Lipinski definition) is 1. The van der Waals surface area contributed by atoms with Crippen molar-refractivity contribution in [3.05, 3.63) is 55.9 Å². The normalized spacial score (nSPS) is 14.6. The first-order chi connectivity index (χ1) is 7.93. The molecule has 1 nitrogen and oxygen atoms in total. The second kappa shape index (κ2) is 4.58. The van der Waals surface area contributed by atoms with Crippen LogP contribution in [0.2, 0.25) is 10.0 Å². The zero-order valence-electron chi connectivity index (χ0n) is 9.01. The van der Waals surface area contributed by atoms with Gasteiger partial charge in [0, 0.05) is 5.02 Å². The standard InChI is InChI=1S/C12H10Cl2FNS/c1-12(16,7-2-3-17-6-7)8-4-11(15)10(14)5-9(8)13/h2-6H,16H2,1H3. The summed E-state index contributed by atoms with van der Waals surface area (Å²) in [7, 11) is 0. The Morgan fingerprint density at radius 1 is 1.29 bits per heavy atom. The predicted molar refractivity (Wildman–Crippen MR) is 71.4 cm³/mol. The van der Waals surface area contributed by atoms with Crippen LogP contribution in [-0.4, -0.2) is 0 Å². The Labute approximate surface area is 113 Å². The van der Waals surface area contributed by atoms with Gasteiger partial charge in [-0.05, 0) is 47.0 Å². The van der Waals surface area contributed by atoms with Crippen LogP contribution in [0.5, 0.6) is 0 Å². The molecule has 0 saturated heterocycles. The van der Waals surface area contributed by atoms with Crippen molar-refractivity contribution in [3.8, 4) is 0 Å². The fourth-order valence-electron chi connectivity index (χ4n) is 1.64. The molecule has 1 aromatic carbocycles. The van der Waals surface area contributed by atoms with Crippen molar-refractivity contribution < 1.29 is 4.39 Å². The van der Waals surface area contributed by atoms with E-state index in [4.69, 9.17) is 28.9 Å². The molecule has 2 N–H and O–H groups in total. The fourth-order valence-corrected chi connectivity index (χ4v) is 2.99. The van der Waals surface area contributed by atoms with Crippen molar-refractivity contribution >= 4 is 34.5 Å². The van der Waals surface area contributed by atoms with Gasteiger partial charge in [0.1, 0.15) is 5.82 Å². The minimum absolute atomic E-state index is 0.000122. The smallest absolute Gasteiger partial charge is 0.142 e. The number of hydrogen-bond acceptors (Lipinski definition) is 2. The lowest BCUT2D eigenvalue weighted by molar-refractivity contribution is 0.583. The van der Waals surface area contributed by atoms with Crippen molar-refractivity contribution in [3.63, 3.8) is 0 Å². The molecule has 0 bridgehead atoms. The maximum absolute atomic E-state index is 13.5. The van der Waals surface area contributed by atoms with E-state index in [0.29, 0.717) is 10.6 Å². The van der Waals surface area contributed by atoms with E-state index in [-0.39, 0.29) is 5.02 Å². The maximum Gasteiger partial charge on any atom is 0.142 e. The van der Waals surface area contributed by atoms with Gasteiger partial charge in [-0.1, -0.05) is 23.2 Å². The molecule has 0 fully saturated rings. The molecule has 2 aromatic rings. The van der Waals surface area contributed by atoms with Gasteiger partial charge >= 0.3 is 0 Å². The second-order valence-corrected chi connectivity index (χ2v) is 5.55. The molecule has 0 saturated carbocycles. The highest BCUT2D eigenvalue weighted by atomic mass is 35.5. The summed E-state index contributed by atoms with van der Waals surface area (Å²) in [6.45, 7) is 1.80. The lowest BCUT2D eigenvalue weighted by atomic mass is 9.87. The minimum atomic E-state index is -0.831. The van der Waals surface area contributed by atoms with Gasteiger partial charge in [-0.25, -0.2) is 4.39 Å². The van der Waals surface area contributed by atoms with Crippen LogP contribution in [0.25, 0.3) is 0 Å². The van der Waals surface area contributed by atoms with Gasteiger partial charge in [0.2, 0.25) is 0 Å². The number of halogens is 3. The first-order valence-electron chi connectivity index (χ1n) is 4.89. The lowest BCUT2D eigenvalue weighted by Gasteiger charge is -2.25. The first-order valence-corrected chi connectivity index (χ1v) is 6.59. The summed E-state index contributed by atoms with van der Waals surface area (Å²) in [5.41, 5.74) is 6.83. The highest BCUT2D eigenvalue weighted by Crippen LogP contribution is 2.35. The van der Waals surface area contributed by atoms with Gasteiger partial charge < -0.3 is 5.73 Å². The van der Waals surface area contributed by atoms with E-state index >= 15 is 0 Å². The summed E-state index contributed by atoms with van der Waals surface area (Å²) in [4.78, 5) is 0. The van der Waals surface area contributed by atoms with E-state index in [9.17, 15) is 4.39 Å². The van der Waals surface area contributed by atoms with Gasteiger partial charge in [0.05, 0.1) is 10.6 Å². The van der Waals surface area contributed by atoms with Crippen LogP contribution >= 0.6 is 34.5 Å². The molecule has 2 rings (SSSR count). The Kier molecular flexibility index (Phi) is 3.46. The third-order valence-electron chi connectivity index (χ3n) is 2.69. The van der Waals surface area contributed by atoms with E-state index in [0.717, 1.165) is 5.56 Å². The quantitative estimate of drug-likeness (QED) is 0.814. The summed E-state index contributed by atoms with van der Waals surface area (Å²) in [6.07, 6.45) is 0. The van der Waals surface area contributed by atoms with Gasteiger partial charge in [0.25, 0.3) is 0 Å². The van der Waals surface area contributed by atoms with E-state index < -0.39 is 11.4 Å². The molecule has 1 unspecified atom stereocenters. The average molecular weight is 290 g/mol. The van der Waals surface area contributed by atoms with Crippen LogP contribution in [0.15, 0.2) is 29.0 Å². The Morgan fingerprint density at radius 2 is 2.00 bits per heavy atom. The average Bonchev–Trinajstić information content (AvgIpc) is 2.77. The largest absolute Gasteiger partial charge is 0.318 e. The van der Waals surface area contributed by atoms with Crippen molar-refractivity contribution in [2.45, 2.75) is 12.5 Å². The molecule has 0 spiro atoms. The van der Waals surface area contributed by atoms with Crippen molar-refractivity contribution in [1.82, 2.24) is 0 Å². The third-order valence-corrected chi connectivity index (χ3v) is 3.98. The zero-order chi connectivity index (χ0) is 12.6. The Morgan fingerprint density at radius 3 is 2.59 bits per heavy atom. The molecule has 0 aliphatic carbocycles. The van der Waals surface area contributed by atoms with E-state index in [1.165, 1.54) is 23.5 Å². The molecule has 0 aliphatic heterocycles. The molecule has 0 radical (unpaired) electrons. The highest BCUT2D eigenvalue weighted by Gasteiger charge is 2.27. The number of thiophene rings is 1. The molecule has 0 amide bonds. The molecule has 5 heteroatoms. The van der Waals surface area contributed by atoms with Crippen molar-refractivity contribution in [1.29, 1.82) is 0 Å². The molecular formula is C12H10Cl2FNS. The van der Waals surface area contributed by atoms with Crippen LogP contribution in [0.3, 0.4) is 0 Å². The molecule has 90 valence electrons. The topological polar surface area (TPSA) is 26.0 Å². The Hall–Kier alpha value is -0.610. The molecule has 1 heterocycles. The van der Waals surface area contributed by atoms with Crippen LogP contribution in [-0.2, 0) is 5.54 Å². The fraction of sp³-hybridized carbons (Fsp3) is 0.167. The van der Waals surface area contributed by atoms with Gasteiger partial charge in [0.15, 0.2) is 0 Å². The van der Waals surface area contributed by atoms with E-state index in [1.807, 2.05) is 16.8 Å². The molecule has 0 aliphatic rings. The van der Waals surface area contributed by atoms with Crippen LogP contribution in [0, 0.1) is 5.82 Å². The summed E-state index contributed by atoms with van der Waals surface area (Å²) in [5.74, 6) is -0.516. The van der Waals surface area contributed by atoms with E-state index in [1.54, 1.807) is 6.92 Å². The third kappa shape index (κ3) is 2.33. The monoisotopic (exact) mass is 289 g/mol. The number of rotatable bonds is 2. The number of nitrogens with two attached hydrogens (primary N) is 1. The van der Waals surface area contributed by atoms with Gasteiger partial charge in [-0.3, -0.25) is 0 Å². The SMILES string of the molecule is CC(N)(c1ccsc1)c1cc(F)c(Cl)cc1Cl. The molecule has 17 heavy (non-hydrogen) atoms. The van der Waals surface area contributed by atoms with E-state index in [2.05, 4.69) is 0 Å². The summed E-state index contributed by atoms with van der Waals surface area (Å²) < 4.78 is 13.5. The highest BCUT2D eigenvalue weighted by molar-refractivity contribution is 7.08. The number of benzene rings is 1. The van der Waals surface area contributed by atoms with Gasteiger partial charge in [-0.15, -0.1) is 0 Å². The summed E-state index contributed by atoms with van der Waals surface area (Å²) in [6, 6.07) is 4.57. The Bertz CT molecular complexity index is 538. The van der Waals surface area contributed by atoms with Gasteiger partial charge in [-0.2, -0.15) is 11.3 Å². The van der Waals surface area contributed by atoms with Crippen molar-refractivity contribution in [2.75, 3.05) is 0 Å².